The van der Waals surface area contributed by atoms with E-state index in [9.17, 15) is 5.26 Å². The van der Waals surface area contributed by atoms with Crippen molar-refractivity contribution in [2.45, 2.75) is 0 Å². The van der Waals surface area contributed by atoms with Crippen LogP contribution in [-0.2, 0) is 0 Å². The van der Waals surface area contributed by atoms with Crippen molar-refractivity contribution in [2.24, 2.45) is 0 Å². The summed E-state index contributed by atoms with van der Waals surface area (Å²) in [6.07, 6.45) is 0. The van der Waals surface area contributed by atoms with Crippen LogP contribution >= 0.6 is 0 Å². The lowest BCUT2D eigenvalue weighted by Gasteiger charge is -2.36. The Kier molecular flexibility index (Phi) is 7.63. The zero-order valence-corrected chi connectivity index (χ0v) is 28.0. The molecule has 8 aromatic rings. The van der Waals surface area contributed by atoms with E-state index in [2.05, 4.69) is 130 Å². The van der Waals surface area contributed by atoms with E-state index >= 15 is 0 Å². The minimum Gasteiger partial charge on any atom is -0.309 e. The second kappa shape index (κ2) is 12.6. The molecule has 232 valence electrons. The quantitative estimate of drug-likeness (QED) is 0.101. The highest BCUT2D eigenvalue weighted by molar-refractivity contribution is 7.20. The van der Waals surface area contributed by atoms with E-state index in [0.29, 0.717) is 16.9 Å². The Hall–Kier alpha value is -6.97. The SMILES string of the molecule is [C-]#[N+]c1cc([N+]#[C-])c(-c2ccc(-n3c4ccccc4c4cc(C#N)ccc43)cc2)c([Si](c2ccccc2)(c2ccccc2)c2ccccc2)c1. The van der Waals surface area contributed by atoms with Gasteiger partial charge in [0.25, 0.3) is 0 Å². The molecule has 1 heterocycles. The van der Waals surface area contributed by atoms with Gasteiger partial charge in [-0.05, 0) is 63.1 Å². The van der Waals surface area contributed by atoms with Gasteiger partial charge in [-0.3, -0.25) is 0 Å². The maximum Gasteiger partial charge on any atom is 0.184 e. The van der Waals surface area contributed by atoms with Crippen molar-refractivity contribution >= 4 is 62.0 Å². The van der Waals surface area contributed by atoms with Crippen LogP contribution in [0.15, 0.2) is 170 Å². The Labute approximate surface area is 292 Å². The molecule has 7 aromatic carbocycles. The Morgan fingerprint density at radius 3 is 1.66 bits per heavy atom. The number of benzene rings is 7. The Bertz CT molecular complexity index is 2560. The average molecular weight is 653 g/mol. The van der Waals surface area contributed by atoms with Crippen molar-refractivity contribution in [2.75, 3.05) is 0 Å². The first-order chi connectivity index (χ1) is 24.7. The van der Waals surface area contributed by atoms with Crippen molar-refractivity contribution in [3.05, 3.63) is 198 Å². The number of fused-ring (bicyclic) bond motifs is 3. The first-order valence-corrected chi connectivity index (χ1v) is 18.3. The lowest BCUT2D eigenvalue weighted by Crippen LogP contribution is -2.75. The zero-order chi connectivity index (χ0) is 34.1. The molecular weight excluding hydrogens is 625 g/mol. The van der Waals surface area contributed by atoms with Crippen molar-refractivity contribution < 1.29 is 0 Å². The standard InChI is InChI=1S/C45H28N4Si/c1-47-34-29-41(48-2)45(33-23-25-35(26-24-33)49-42-21-13-12-20-39(42)40-28-32(31-46)22-27-43(40)49)44(30-34)50(36-14-6-3-7-15-36,37-16-8-4-9-17-37)38-18-10-5-11-19-38/h3-30H. The molecule has 0 radical (unpaired) electrons. The zero-order valence-electron chi connectivity index (χ0n) is 27.0. The van der Waals surface area contributed by atoms with Crippen LogP contribution < -0.4 is 20.7 Å². The summed E-state index contributed by atoms with van der Waals surface area (Å²) in [7, 11) is -3.09. The van der Waals surface area contributed by atoms with Crippen molar-refractivity contribution in [3.8, 4) is 22.9 Å². The molecule has 0 bridgehead atoms. The summed E-state index contributed by atoms with van der Waals surface area (Å²) in [4.78, 5) is 7.97. The smallest absolute Gasteiger partial charge is 0.184 e. The van der Waals surface area contributed by atoms with E-state index in [4.69, 9.17) is 13.1 Å². The Balaban J connectivity index is 1.43. The monoisotopic (exact) mass is 652 g/mol. The third-order valence-electron chi connectivity index (χ3n) is 9.59. The largest absolute Gasteiger partial charge is 0.309 e. The number of hydrogen-bond acceptors (Lipinski definition) is 1. The normalized spacial score (nSPS) is 11.1. The van der Waals surface area contributed by atoms with Crippen LogP contribution in [0.3, 0.4) is 0 Å². The van der Waals surface area contributed by atoms with Crippen LogP contribution in [0.2, 0.25) is 0 Å². The molecule has 8 rings (SSSR count). The van der Waals surface area contributed by atoms with Crippen molar-refractivity contribution in [3.63, 3.8) is 0 Å². The summed E-state index contributed by atoms with van der Waals surface area (Å²) in [5.41, 5.74) is 6.35. The summed E-state index contributed by atoms with van der Waals surface area (Å²) in [5.74, 6) is 0. The van der Waals surface area contributed by atoms with E-state index in [1.807, 2.05) is 54.6 Å². The lowest BCUT2D eigenvalue weighted by atomic mass is 10.0. The molecule has 0 unspecified atom stereocenters. The molecule has 0 aliphatic carbocycles. The van der Waals surface area contributed by atoms with Crippen LogP contribution in [0.1, 0.15) is 5.56 Å². The molecule has 0 spiro atoms. The summed E-state index contributed by atoms with van der Waals surface area (Å²) >= 11 is 0. The van der Waals surface area contributed by atoms with E-state index in [1.165, 1.54) is 15.6 Å². The molecule has 0 saturated carbocycles. The molecule has 0 aliphatic heterocycles. The van der Waals surface area contributed by atoms with E-state index in [1.54, 1.807) is 6.07 Å². The molecule has 0 aliphatic rings. The van der Waals surface area contributed by atoms with Crippen LogP contribution in [0.25, 0.3) is 48.3 Å². The van der Waals surface area contributed by atoms with E-state index in [0.717, 1.165) is 43.8 Å². The highest BCUT2D eigenvalue weighted by Gasteiger charge is 2.43. The molecule has 50 heavy (non-hydrogen) atoms. The van der Waals surface area contributed by atoms with Gasteiger partial charge >= 0.3 is 0 Å². The second-order valence-corrected chi connectivity index (χ2v) is 16.0. The molecule has 0 saturated heterocycles. The number of hydrogen-bond donors (Lipinski definition) is 0. The summed E-state index contributed by atoms with van der Waals surface area (Å²) < 4.78 is 2.23. The fourth-order valence-electron chi connectivity index (χ4n) is 7.49. The number of rotatable bonds is 6. The number of aromatic nitrogens is 1. The Morgan fingerprint density at radius 2 is 1.10 bits per heavy atom. The number of nitrogens with zero attached hydrogens (tertiary/aromatic N) is 4. The molecule has 4 nitrogen and oxygen atoms in total. The van der Waals surface area contributed by atoms with Gasteiger partial charge in [-0.2, -0.15) is 5.26 Å². The minimum atomic E-state index is -3.09. The molecule has 1 aromatic heterocycles. The topological polar surface area (TPSA) is 37.4 Å². The highest BCUT2D eigenvalue weighted by Crippen LogP contribution is 2.37. The molecule has 0 N–H and O–H groups in total. The van der Waals surface area contributed by atoms with Gasteiger partial charge in [0.05, 0.1) is 35.8 Å². The summed E-state index contributed by atoms with van der Waals surface area (Å²) in [6, 6.07) is 60.3. The van der Waals surface area contributed by atoms with Crippen LogP contribution in [0.4, 0.5) is 11.4 Å². The predicted octanol–water partition coefficient (Wildman–Crippen LogP) is 8.80. The summed E-state index contributed by atoms with van der Waals surface area (Å²) in [5, 5.41) is 16.3. The predicted molar refractivity (Wildman–Crippen MR) is 207 cm³/mol. The highest BCUT2D eigenvalue weighted by atomic mass is 28.3. The molecule has 0 amide bonds. The number of para-hydroxylation sites is 1. The van der Waals surface area contributed by atoms with Gasteiger partial charge in [-0.1, -0.05) is 139 Å². The van der Waals surface area contributed by atoms with E-state index < -0.39 is 8.07 Å². The first-order valence-electron chi connectivity index (χ1n) is 16.3. The van der Waals surface area contributed by atoms with Crippen LogP contribution in [-0.4, -0.2) is 12.6 Å². The minimum absolute atomic E-state index is 0.452. The molecule has 0 atom stereocenters. The fourth-order valence-corrected chi connectivity index (χ4v) is 12.5. The summed E-state index contributed by atoms with van der Waals surface area (Å²) in [6.45, 7) is 16.5. The van der Waals surface area contributed by atoms with Gasteiger partial charge in [0.15, 0.2) is 19.4 Å². The maximum atomic E-state index is 9.61. The number of nitriles is 1. The van der Waals surface area contributed by atoms with E-state index in [-0.39, 0.29) is 0 Å². The Morgan fingerprint density at radius 1 is 0.540 bits per heavy atom. The van der Waals surface area contributed by atoms with Crippen LogP contribution in [0, 0.1) is 24.5 Å². The first kappa shape index (κ1) is 30.4. The van der Waals surface area contributed by atoms with Gasteiger partial charge in [0.2, 0.25) is 0 Å². The molecule has 5 heteroatoms. The fraction of sp³-hybridized carbons (Fsp3) is 0. The van der Waals surface area contributed by atoms with Gasteiger partial charge < -0.3 is 4.57 Å². The van der Waals surface area contributed by atoms with Gasteiger partial charge in [-0.25, -0.2) is 9.69 Å². The third kappa shape index (κ3) is 4.80. The maximum absolute atomic E-state index is 9.61. The average Bonchev–Trinajstić information content (AvgIpc) is 3.53. The van der Waals surface area contributed by atoms with Crippen molar-refractivity contribution in [1.29, 1.82) is 5.26 Å². The van der Waals surface area contributed by atoms with Crippen LogP contribution in [0.5, 0.6) is 0 Å². The second-order valence-electron chi connectivity index (χ2n) is 12.2. The third-order valence-corrected chi connectivity index (χ3v) is 14.4. The molecular formula is C45H28N4Si. The van der Waals surface area contributed by atoms with Gasteiger partial charge in [-0.15, -0.1) is 0 Å². The van der Waals surface area contributed by atoms with Gasteiger partial charge in [0.1, 0.15) is 0 Å². The molecule has 0 fully saturated rings. The van der Waals surface area contributed by atoms with Crippen molar-refractivity contribution in [1.82, 2.24) is 4.57 Å². The van der Waals surface area contributed by atoms with Gasteiger partial charge in [0, 0.05) is 16.5 Å². The lowest BCUT2D eigenvalue weighted by molar-refractivity contribution is 1.18.